The molecule has 0 aromatic rings. The first-order valence-corrected chi connectivity index (χ1v) is 3.07. The number of hydrogen-bond acceptors (Lipinski definition) is 1. The lowest BCUT2D eigenvalue weighted by atomic mass is 9.48. The SMILES string of the molecule is CB(C)C(N)CC(F)F. The van der Waals surface area contributed by atoms with Gasteiger partial charge in [0.05, 0.1) is 0 Å². The number of halogens is 2. The number of rotatable bonds is 3. The fourth-order valence-corrected chi connectivity index (χ4v) is 0.478. The van der Waals surface area contributed by atoms with Crippen LogP contribution in [-0.2, 0) is 0 Å². The summed E-state index contributed by atoms with van der Waals surface area (Å²) in [6, 6.07) is 0. The van der Waals surface area contributed by atoms with Crippen molar-refractivity contribution in [2.24, 2.45) is 5.73 Å². The first-order valence-electron chi connectivity index (χ1n) is 3.07. The van der Waals surface area contributed by atoms with E-state index >= 15 is 0 Å². The average molecular weight is 135 g/mol. The molecule has 0 aliphatic carbocycles. The maximum Gasteiger partial charge on any atom is 0.239 e. The molecule has 0 saturated carbocycles. The van der Waals surface area contributed by atoms with Crippen LogP contribution in [-0.4, -0.2) is 19.1 Å². The molecule has 4 heteroatoms. The van der Waals surface area contributed by atoms with E-state index in [1.54, 1.807) is 0 Å². The summed E-state index contributed by atoms with van der Waals surface area (Å²) in [7, 11) is 0. The van der Waals surface area contributed by atoms with Gasteiger partial charge in [-0.15, -0.1) is 0 Å². The van der Waals surface area contributed by atoms with Crippen LogP contribution in [0.4, 0.5) is 8.78 Å². The van der Waals surface area contributed by atoms with E-state index in [1.165, 1.54) is 0 Å². The van der Waals surface area contributed by atoms with E-state index in [-0.39, 0.29) is 19.1 Å². The Kier molecular flexibility index (Phi) is 3.78. The highest BCUT2D eigenvalue weighted by molar-refractivity contribution is 6.57. The Bertz CT molecular complexity index is 77.4. The molecule has 0 fully saturated rings. The van der Waals surface area contributed by atoms with Crippen molar-refractivity contribution in [3.05, 3.63) is 0 Å². The molecule has 1 nitrogen and oxygen atoms in total. The maximum absolute atomic E-state index is 11.6. The lowest BCUT2D eigenvalue weighted by Crippen LogP contribution is -2.35. The maximum atomic E-state index is 11.6. The lowest BCUT2D eigenvalue weighted by Gasteiger charge is -2.11. The van der Waals surface area contributed by atoms with E-state index < -0.39 is 6.43 Å². The minimum absolute atomic E-state index is 0.152. The Morgan fingerprint density at radius 3 is 2.00 bits per heavy atom. The third-order valence-corrected chi connectivity index (χ3v) is 1.31. The predicted molar refractivity (Wildman–Crippen MR) is 36.1 cm³/mol. The first-order chi connectivity index (χ1) is 4.04. The quantitative estimate of drug-likeness (QED) is 0.579. The molecule has 0 aliphatic heterocycles. The molecule has 54 valence electrons. The molecule has 0 aliphatic rings. The van der Waals surface area contributed by atoms with Gasteiger partial charge >= 0.3 is 0 Å². The van der Waals surface area contributed by atoms with Gasteiger partial charge in [0.1, 0.15) is 0 Å². The topological polar surface area (TPSA) is 26.0 Å². The second-order valence-electron chi connectivity index (χ2n) is 2.53. The van der Waals surface area contributed by atoms with E-state index in [0.717, 1.165) is 0 Å². The van der Waals surface area contributed by atoms with Gasteiger partial charge in [-0.05, 0) is 5.94 Å². The fourth-order valence-electron chi connectivity index (χ4n) is 0.478. The molecular formula is C5H12BF2N. The zero-order valence-electron chi connectivity index (χ0n) is 5.77. The van der Waals surface area contributed by atoms with Gasteiger partial charge in [-0.1, -0.05) is 13.6 Å². The van der Waals surface area contributed by atoms with E-state index in [2.05, 4.69) is 0 Å². The van der Waals surface area contributed by atoms with Crippen LogP contribution in [0.2, 0.25) is 13.6 Å². The molecule has 0 saturated heterocycles. The highest BCUT2D eigenvalue weighted by Crippen LogP contribution is 2.03. The summed E-state index contributed by atoms with van der Waals surface area (Å²) < 4.78 is 23.1. The standard InChI is InChI=1S/C5H12BF2N/c1-6(2)4(9)3-5(7)8/h4-5H,3,9H2,1-2H3. The largest absolute Gasteiger partial charge is 0.334 e. The van der Waals surface area contributed by atoms with Gasteiger partial charge < -0.3 is 5.73 Å². The summed E-state index contributed by atoms with van der Waals surface area (Å²) in [5.74, 6) is -0.356. The van der Waals surface area contributed by atoms with Gasteiger partial charge in [0.2, 0.25) is 6.43 Å². The van der Waals surface area contributed by atoms with E-state index in [1.807, 2.05) is 13.6 Å². The van der Waals surface area contributed by atoms with E-state index in [4.69, 9.17) is 5.73 Å². The molecule has 1 atom stereocenters. The molecule has 0 radical (unpaired) electrons. The molecule has 0 heterocycles. The van der Waals surface area contributed by atoms with Crippen molar-refractivity contribution in [1.29, 1.82) is 0 Å². The average Bonchev–Trinajstić information content (AvgIpc) is 1.63. The Balaban J connectivity index is 3.38. The van der Waals surface area contributed by atoms with Crippen molar-refractivity contribution in [2.45, 2.75) is 32.4 Å². The Morgan fingerprint density at radius 2 is 1.89 bits per heavy atom. The number of alkyl halides is 2. The van der Waals surface area contributed by atoms with E-state index in [0.29, 0.717) is 0 Å². The van der Waals surface area contributed by atoms with Crippen molar-refractivity contribution < 1.29 is 8.78 Å². The van der Waals surface area contributed by atoms with Crippen molar-refractivity contribution in [3.63, 3.8) is 0 Å². The first kappa shape index (κ1) is 8.88. The second-order valence-corrected chi connectivity index (χ2v) is 2.53. The van der Waals surface area contributed by atoms with Crippen LogP contribution in [0.15, 0.2) is 0 Å². The van der Waals surface area contributed by atoms with Gasteiger partial charge in [-0.25, -0.2) is 8.78 Å². The molecular weight excluding hydrogens is 123 g/mol. The Hall–Kier alpha value is -0.115. The normalized spacial score (nSPS) is 14.0. The minimum atomic E-state index is -2.26. The number of nitrogens with two attached hydrogens (primary N) is 1. The third kappa shape index (κ3) is 4.39. The molecule has 0 rings (SSSR count). The summed E-state index contributed by atoms with van der Waals surface area (Å²) >= 11 is 0. The zero-order valence-corrected chi connectivity index (χ0v) is 5.77. The van der Waals surface area contributed by atoms with Gasteiger partial charge in [0.15, 0.2) is 6.71 Å². The van der Waals surface area contributed by atoms with Gasteiger partial charge in [-0.2, -0.15) is 0 Å². The van der Waals surface area contributed by atoms with Gasteiger partial charge in [0, 0.05) is 6.42 Å². The van der Waals surface area contributed by atoms with Crippen LogP contribution in [0.5, 0.6) is 0 Å². The molecule has 0 aromatic carbocycles. The Labute approximate surface area is 54.7 Å². The minimum Gasteiger partial charge on any atom is -0.334 e. The van der Waals surface area contributed by atoms with E-state index in [9.17, 15) is 8.78 Å². The lowest BCUT2D eigenvalue weighted by molar-refractivity contribution is 0.136. The molecule has 2 N–H and O–H groups in total. The highest BCUT2D eigenvalue weighted by atomic mass is 19.3. The predicted octanol–water partition coefficient (Wildman–Crippen LogP) is 1.26. The third-order valence-electron chi connectivity index (χ3n) is 1.31. The molecule has 1 unspecified atom stereocenters. The Morgan fingerprint density at radius 1 is 1.44 bits per heavy atom. The molecule has 0 bridgehead atoms. The van der Waals surface area contributed by atoms with Crippen LogP contribution >= 0.6 is 0 Å². The second kappa shape index (κ2) is 3.83. The van der Waals surface area contributed by atoms with Crippen molar-refractivity contribution in [1.82, 2.24) is 0 Å². The van der Waals surface area contributed by atoms with Crippen LogP contribution < -0.4 is 5.73 Å². The molecule has 0 aromatic heterocycles. The number of hydrogen-bond donors (Lipinski definition) is 1. The zero-order chi connectivity index (χ0) is 7.44. The molecule has 0 amide bonds. The van der Waals surface area contributed by atoms with Crippen molar-refractivity contribution in [3.8, 4) is 0 Å². The summed E-state index contributed by atoms with van der Waals surface area (Å²) in [6.45, 7) is 3.83. The van der Waals surface area contributed by atoms with Crippen LogP contribution in [0, 0.1) is 0 Å². The highest BCUT2D eigenvalue weighted by Gasteiger charge is 2.15. The summed E-state index contributed by atoms with van der Waals surface area (Å²) in [5, 5.41) is 0. The summed E-state index contributed by atoms with van der Waals surface area (Å²) in [4.78, 5) is 0. The van der Waals surface area contributed by atoms with Crippen molar-refractivity contribution in [2.75, 3.05) is 0 Å². The summed E-state index contributed by atoms with van der Waals surface area (Å²) in [5.41, 5.74) is 5.34. The van der Waals surface area contributed by atoms with Gasteiger partial charge in [-0.3, -0.25) is 0 Å². The monoisotopic (exact) mass is 135 g/mol. The molecule has 9 heavy (non-hydrogen) atoms. The van der Waals surface area contributed by atoms with Crippen LogP contribution in [0.1, 0.15) is 6.42 Å². The van der Waals surface area contributed by atoms with Gasteiger partial charge in [0.25, 0.3) is 0 Å². The molecule has 0 spiro atoms. The summed E-state index contributed by atoms with van der Waals surface area (Å²) in [6.07, 6.45) is -2.44. The van der Waals surface area contributed by atoms with Crippen LogP contribution in [0.3, 0.4) is 0 Å². The fraction of sp³-hybridized carbons (Fsp3) is 1.00. The van der Waals surface area contributed by atoms with Crippen LogP contribution in [0.25, 0.3) is 0 Å². The smallest absolute Gasteiger partial charge is 0.239 e. The van der Waals surface area contributed by atoms with Crippen molar-refractivity contribution >= 4 is 6.71 Å².